The minimum absolute atomic E-state index is 0.866. The monoisotopic (exact) mass is 405 g/mol. The van der Waals surface area contributed by atoms with E-state index in [1.807, 2.05) is 19.1 Å². The Morgan fingerprint density at radius 3 is 2.58 bits per heavy atom. The van der Waals surface area contributed by atoms with Crippen molar-refractivity contribution >= 4 is 44.9 Å². The van der Waals surface area contributed by atoms with E-state index in [0.29, 0.717) is 0 Å². The van der Waals surface area contributed by atoms with E-state index in [2.05, 4.69) is 54.6 Å². The third-order valence-electron chi connectivity index (χ3n) is 6.32. The van der Waals surface area contributed by atoms with E-state index in [-0.39, 0.29) is 0 Å². The van der Waals surface area contributed by atoms with E-state index in [1.54, 1.807) is 6.20 Å². The molecule has 2 N–H and O–H groups in total. The standard InChI is InChI=1S/C28H23NO2/c1-17-21(12-13-29)28-23-15-18(6-8-20(23)9-11-27(28)30-17)14-19-7-10-26-24(16-19)22-4-2-3-5-25(22)31-26/h2,4,6-13,15-16H,3,5,14,29H2,1H3/b13-12-. The zero-order valence-corrected chi connectivity index (χ0v) is 17.4. The normalized spacial score (nSPS) is 13.7. The summed E-state index contributed by atoms with van der Waals surface area (Å²) in [5.41, 5.74) is 12.4. The van der Waals surface area contributed by atoms with Gasteiger partial charge in [0.2, 0.25) is 0 Å². The van der Waals surface area contributed by atoms with Gasteiger partial charge in [-0.05, 0) is 72.1 Å². The van der Waals surface area contributed by atoms with Gasteiger partial charge in [0, 0.05) is 28.3 Å². The van der Waals surface area contributed by atoms with Crippen LogP contribution in [-0.4, -0.2) is 0 Å². The smallest absolute Gasteiger partial charge is 0.135 e. The van der Waals surface area contributed by atoms with Crippen molar-refractivity contribution < 1.29 is 8.83 Å². The second kappa shape index (κ2) is 6.92. The summed E-state index contributed by atoms with van der Waals surface area (Å²) < 4.78 is 12.0. The van der Waals surface area contributed by atoms with Gasteiger partial charge in [0.1, 0.15) is 22.7 Å². The van der Waals surface area contributed by atoms with Crippen LogP contribution in [0.3, 0.4) is 0 Å². The summed E-state index contributed by atoms with van der Waals surface area (Å²) in [5.74, 6) is 2.00. The number of hydrogen-bond donors (Lipinski definition) is 1. The fourth-order valence-electron chi connectivity index (χ4n) is 4.86. The average Bonchev–Trinajstić information content (AvgIpc) is 3.31. The van der Waals surface area contributed by atoms with Gasteiger partial charge < -0.3 is 14.6 Å². The van der Waals surface area contributed by atoms with Crippen LogP contribution < -0.4 is 5.73 Å². The molecule has 0 radical (unpaired) electrons. The van der Waals surface area contributed by atoms with Gasteiger partial charge in [0.05, 0.1) is 0 Å². The Hall–Kier alpha value is -3.72. The van der Waals surface area contributed by atoms with Crippen LogP contribution in [0.1, 0.15) is 40.2 Å². The maximum atomic E-state index is 6.06. The summed E-state index contributed by atoms with van der Waals surface area (Å²) >= 11 is 0. The highest BCUT2D eigenvalue weighted by atomic mass is 16.3. The van der Waals surface area contributed by atoms with Crippen LogP contribution in [0, 0.1) is 6.92 Å². The van der Waals surface area contributed by atoms with Crippen LogP contribution in [0.2, 0.25) is 0 Å². The quantitative estimate of drug-likeness (QED) is 0.348. The summed E-state index contributed by atoms with van der Waals surface area (Å²) in [6, 6.07) is 17.4. The van der Waals surface area contributed by atoms with Crippen LogP contribution in [0.25, 0.3) is 44.9 Å². The van der Waals surface area contributed by atoms with Crippen LogP contribution >= 0.6 is 0 Å². The lowest BCUT2D eigenvalue weighted by molar-refractivity contribution is 0.546. The Morgan fingerprint density at radius 1 is 0.935 bits per heavy atom. The Labute approximate surface area is 180 Å². The first kappa shape index (κ1) is 18.1. The summed E-state index contributed by atoms with van der Waals surface area (Å²) in [5, 5.41) is 4.74. The summed E-state index contributed by atoms with van der Waals surface area (Å²) in [6.07, 6.45) is 10.9. The summed E-state index contributed by atoms with van der Waals surface area (Å²) in [4.78, 5) is 0. The topological polar surface area (TPSA) is 52.3 Å². The first-order valence-electron chi connectivity index (χ1n) is 10.7. The number of benzene rings is 3. The molecule has 0 fully saturated rings. The fourth-order valence-corrected chi connectivity index (χ4v) is 4.86. The predicted molar refractivity (Wildman–Crippen MR) is 128 cm³/mol. The van der Waals surface area contributed by atoms with Crippen LogP contribution in [0.15, 0.2) is 69.6 Å². The molecule has 5 aromatic rings. The molecule has 2 heterocycles. The van der Waals surface area contributed by atoms with Gasteiger partial charge in [-0.1, -0.05) is 42.5 Å². The highest BCUT2D eigenvalue weighted by molar-refractivity contribution is 6.10. The Balaban J connectivity index is 1.46. The number of allylic oxidation sites excluding steroid dienone is 1. The molecule has 3 nitrogen and oxygen atoms in total. The second-order valence-electron chi connectivity index (χ2n) is 8.31. The van der Waals surface area contributed by atoms with Gasteiger partial charge in [-0.15, -0.1) is 0 Å². The predicted octanol–water partition coefficient (Wildman–Crippen LogP) is 7.12. The van der Waals surface area contributed by atoms with E-state index < -0.39 is 0 Å². The Kier molecular flexibility index (Phi) is 4.03. The molecular weight excluding hydrogens is 382 g/mol. The van der Waals surface area contributed by atoms with E-state index in [9.17, 15) is 0 Å². The van der Waals surface area contributed by atoms with Crippen LogP contribution in [0.4, 0.5) is 0 Å². The molecule has 0 amide bonds. The van der Waals surface area contributed by atoms with Gasteiger partial charge in [-0.3, -0.25) is 0 Å². The Bertz CT molecular complexity index is 1530. The minimum atomic E-state index is 0.866. The first-order valence-corrected chi connectivity index (χ1v) is 10.7. The molecule has 0 bridgehead atoms. The molecule has 0 saturated heterocycles. The van der Waals surface area contributed by atoms with Crippen molar-refractivity contribution in [2.24, 2.45) is 5.73 Å². The molecule has 2 aromatic heterocycles. The van der Waals surface area contributed by atoms with Crippen molar-refractivity contribution in [2.45, 2.75) is 26.2 Å². The lowest BCUT2D eigenvalue weighted by Crippen LogP contribution is -1.90. The number of nitrogens with two attached hydrogens (primary N) is 1. The van der Waals surface area contributed by atoms with E-state index in [0.717, 1.165) is 52.9 Å². The number of fused-ring (bicyclic) bond motifs is 6. The molecule has 6 rings (SSSR count). The lowest BCUT2D eigenvalue weighted by Gasteiger charge is -2.07. The molecule has 0 spiro atoms. The van der Waals surface area contributed by atoms with Gasteiger partial charge in [0.15, 0.2) is 0 Å². The number of aryl methyl sites for hydroxylation is 2. The van der Waals surface area contributed by atoms with Crippen molar-refractivity contribution in [2.75, 3.05) is 0 Å². The lowest BCUT2D eigenvalue weighted by atomic mass is 9.96. The number of hydrogen-bond acceptors (Lipinski definition) is 3. The summed E-state index contributed by atoms with van der Waals surface area (Å²) in [7, 11) is 0. The van der Waals surface area contributed by atoms with Crippen LogP contribution in [-0.2, 0) is 12.8 Å². The van der Waals surface area contributed by atoms with Gasteiger partial charge in [0.25, 0.3) is 0 Å². The van der Waals surface area contributed by atoms with Crippen molar-refractivity contribution in [3.05, 3.63) is 94.6 Å². The third kappa shape index (κ3) is 2.89. The van der Waals surface area contributed by atoms with Gasteiger partial charge in [-0.25, -0.2) is 0 Å². The number of rotatable bonds is 3. The van der Waals surface area contributed by atoms with Crippen molar-refractivity contribution in [1.82, 2.24) is 0 Å². The SMILES string of the molecule is Cc1oc2ccc3ccc(Cc4ccc5oc6c(c5c4)C=CCC6)cc3c2c1/C=C\N. The fraction of sp³-hybridized carbons (Fsp3) is 0.143. The highest BCUT2D eigenvalue weighted by Crippen LogP contribution is 2.35. The molecule has 3 aromatic carbocycles. The molecule has 1 aliphatic carbocycles. The van der Waals surface area contributed by atoms with Crippen LogP contribution in [0.5, 0.6) is 0 Å². The zero-order valence-electron chi connectivity index (χ0n) is 17.4. The van der Waals surface area contributed by atoms with Gasteiger partial charge in [-0.2, -0.15) is 0 Å². The van der Waals surface area contributed by atoms with E-state index in [1.165, 1.54) is 32.8 Å². The molecule has 0 saturated carbocycles. The van der Waals surface area contributed by atoms with Gasteiger partial charge >= 0.3 is 0 Å². The maximum absolute atomic E-state index is 6.06. The van der Waals surface area contributed by atoms with E-state index in [4.69, 9.17) is 14.6 Å². The molecular formula is C28H23NO2. The van der Waals surface area contributed by atoms with Crippen molar-refractivity contribution in [3.63, 3.8) is 0 Å². The second-order valence-corrected chi connectivity index (χ2v) is 8.31. The minimum Gasteiger partial charge on any atom is -0.461 e. The maximum Gasteiger partial charge on any atom is 0.135 e. The zero-order chi connectivity index (χ0) is 20.9. The molecule has 1 aliphatic rings. The first-order chi connectivity index (χ1) is 15.2. The van der Waals surface area contributed by atoms with E-state index >= 15 is 0 Å². The van der Waals surface area contributed by atoms with Crippen molar-refractivity contribution in [1.29, 1.82) is 0 Å². The average molecular weight is 405 g/mol. The molecule has 0 atom stereocenters. The molecule has 0 aliphatic heterocycles. The third-order valence-corrected chi connectivity index (χ3v) is 6.32. The highest BCUT2D eigenvalue weighted by Gasteiger charge is 2.15. The van der Waals surface area contributed by atoms with Crippen molar-refractivity contribution in [3.8, 4) is 0 Å². The molecule has 3 heteroatoms. The molecule has 31 heavy (non-hydrogen) atoms. The summed E-state index contributed by atoms with van der Waals surface area (Å²) in [6.45, 7) is 1.99. The number of furan rings is 2. The Morgan fingerprint density at radius 2 is 1.71 bits per heavy atom. The molecule has 152 valence electrons. The molecule has 0 unspecified atom stereocenters. The largest absolute Gasteiger partial charge is 0.461 e.